The molecule has 1 aliphatic heterocycles. The van der Waals surface area contributed by atoms with Gasteiger partial charge in [0, 0.05) is 12.6 Å². The van der Waals surface area contributed by atoms with Crippen molar-refractivity contribution in [2.24, 2.45) is 5.92 Å². The lowest BCUT2D eigenvalue weighted by molar-refractivity contribution is 0.102. The molecule has 78 valence electrons. The molecular weight excluding hydrogens is 162 g/mol. The van der Waals surface area contributed by atoms with Gasteiger partial charge in [0.1, 0.15) is 0 Å². The summed E-state index contributed by atoms with van der Waals surface area (Å²) < 4.78 is 0. The van der Waals surface area contributed by atoms with E-state index >= 15 is 0 Å². The van der Waals surface area contributed by atoms with Gasteiger partial charge in [0.25, 0.3) is 0 Å². The maximum Gasteiger partial charge on any atom is 0.0460 e. The second-order valence-electron chi connectivity index (χ2n) is 4.30. The summed E-state index contributed by atoms with van der Waals surface area (Å²) in [6.45, 7) is 7.33. The van der Waals surface area contributed by atoms with Gasteiger partial charge in [-0.05, 0) is 45.2 Å². The Balaban J connectivity index is 2.23. The van der Waals surface area contributed by atoms with Gasteiger partial charge in [0.05, 0.1) is 0 Å². The Labute approximate surface area is 81.9 Å². The lowest BCUT2D eigenvalue weighted by Gasteiger charge is -2.35. The molecule has 1 rings (SSSR count). The molecule has 1 fully saturated rings. The number of aliphatic hydroxyl groups excluding tert-OH is 1. The van der Waals surface area contributed by atoms with Crippen LogP contribution in [0.15, 0.2) is 0 Å². The van der Waals surface area contributed by atoms with Gasteiger partial charge in [-0.2, -0.15) is 0 Å². The number of nitrogens with zero attached hydrogens (tertiary/aromatic N) is 1. The molecule has 0 aromatic heterocycles. The van der Waals surface area contributed by atoms with E-state index < -0.39 is 0 Å². The first kappa shape index (κ1) is 11.0. The average molecular weight is 185 g/mol. The van der Waals surface area contributed by atoms with Crippen LogP contribution in [0.3, 0.4) is 0 Å². The summed E-state index contributed by atoms with van der Waals surface area (Å²) in [5.74, 6) is 0.574. The smallest absolute Gasteiger partial charge is 0.0460 e. The maximum absolute atomic E-state index is 9.00. The molecule has 0 radical (unpaired) electrons. The topological polar surface area (TPSA) is 23.5 Å². The summed E-state index contributed by atoms with van der Waals surface area (Å²) >= 11 is 0. The summed E-state index contributed by atoms with van der Waals surface area (Å²) in [4.78, 5) is 2.57. The van der Waals surface area contributed by atoms with E-state index in [0.717, 1.165) is 6.04 Å². The molecule has 0 aromatic carbocycles. The maximum atomic E-state index is 9.00. The molecule has 0 spiro atoms. The van der Waals surface area contributed by atoms with Crippen LogP contribution in [-0.4, -0.2) is 35.7 Å². The quantitative estimate of drug-likeness (QED) is 0.723. The normalized spacial score (nSPS) is 23.3. The van der Waals surface area contributed by atoms with E-state index in [-0.39, 0.29) is 0 Å². The lowest BCUT2D eigenvalue weighted by Crippen LogP contribution is -2.40. The van der Waals surface area contributed by atoms with Crippen molar-refractivity contribution >= 4 is 0 Å². The number of likely N-dealkylation sites (tertiary alicyclic amines) is 1. The molecule has 1 aliphatic rings. The Morgan fingerprint density at radius 3 is 2.46 bits per heavy atom. The van der Waals surface area contributed by atoms with Crippen LogP contribution in [0.1, 0.15) is 39.5 Å². The Hall–Kier alpha value is -0.0800. The van der Waals surface area contributed by atoms with Gasteiger partial charge in [-0.15, -0.1) is 0 Å². The second-order valence-corrected chi connectivity index (χ2v) is 4.30. The van der Waals surface area contributed by atoms with Crippen LogP contribution in [0, 0.1) is 5.92 Å². The number of hydrogen-bond donors (Lipinski definition) is 1. The highest BCUT2D eigenvalue weighted by Crippen LogP contribution is 2.19. The van der Waals surface area contributed by atoms with Crippen molar-refractivity contribution in [3.8, 4) is 0 Å². The Morgan fingerprint density at radius 2 is 2.00 bits per heavy atom. The van der Waals surface area contributed by atoms with Gasteiger partial charge >= 0.3 is 0 Å². The molecule has 13 heavy (non-hydrogen) atoms. The van der Waals surface area contributed by atoms with E-state index in [1.165, 1.54) is 38.8 Å². The third-order valence-electron chi connectivity index (χ3n) is 3.24. The predicted molar refractivity (Wildman–Crippen MR) is 55.8 cm³/mol. The summed E-state index contributed by atoms with van der Waals surface area (Å²) in [7, 11) is 0. The third-order valence-corrected chi connectivity index (χ3v) is 3.24. The van der Waals surface area contributed by atoms with Gasteiger partial charge in [0.15, 0.2) is 0 Å². The minimum absolute atomic E-state index is 0.385. The van der Waals surface area contributed by atoms with Gasteiger partial charge < -0.3 is 10.0 Å². The van der Waals surface area contributed by atoms with Gasteiger partial charge in [0.2, 0.25) is 0 Å². The fraction of sp³-hybridized carbons (Fsp3) is 1.00. The molecule has 2 nitrogen and oxygen atoms in total. The molecule has 1 N–H and O–H groups in total. The SMILES string of the molecule is CCCC(C)N1CCC(CO)CC1. The van der Waals surface area contributed by atoms with Crippen molar-refractivity contribution < 1.29 is 5.11 Å². The van der Waals surface area contributed by atoms with Gasteiger partial charge in [-0.3, -0.25) is 0 Å². The third kappa shape index (κ3) is 3.28. The predicted octanol–water partition coefficient (Wildman–Crippen LogP) is 1.88. The monoisotopic (exact) mass is 185 g/mol. The highest BCUT2D eigenvalue weighted by Gasteiger charge is 2.21. The molecule has 0 bridgehead atoms. The highest BCUT2D eigenvalue weighted by molar-refractivity contribution is 4.75. The largest absolute Gasteiger partial charge is 0.396 e. The van der Waals surface area contributed by atoms with Crippen molar-refractivity contribution in [3.63, 3.8) is 0 Å². The number of aliphatic hydroxyl groups is 1. The van der Waals surface area contributed by atoms with Gasteiger partial charge in [-0.1, -0.05) is 13.3 Å². The molecule has 1 heterocycles. The van der Waals surface area contributed by atoms with Crippen LogP contribution >= 0.6 is 0 Å². The standard InChI is InChI=1S/C11H23NO/c1-3-4-10(2)12-7-5-11(9-13)6-8-12/h10-11,13H,3-9H2,1-2H3. The molecule has 2 heteroatoms. The van der Waals surface area contributed by atoms with Crippen molar-refractivity contribution in [2.75, 3.05) is 19.7 Å². The Bertz CT molecular complexity index is 130. The number of rotatable bonds is 4. The number of piperidine rings is 1. The first-order valence-corrected chi connectivity index (χ1v) is 5.62. The highest BCUT2D eigenvalue weighted by atomic mass is 16.3. The van der Waals surface area contributed by atoms with Crippen molar-refractivity contribution in [1.29, 1.82) is 0 Å². The Morgan fingerprint density at radius 1 is 1.38 bits per heavy atom. The van der Waals surface area contributed by atoms with Crippen molar-refractivity contribution in [3.05, 3.63) is 0 Å². The number of hydrogen-bond acceptors (Lipinski definition) is 2. The van der Waals surface area contributed by atoms with Crippen LogP contribution < -0.4 is 0 Å². The zero-order valence-electron chi connectivity index (χ0n) is 9.00. The summed E-state index contributed by atoms with van der Waals surface area (Å²) in [6, 6.07) is 0.740. The molecule has 1 saturated heterocycles. The van der Waals surface area contributed by atoms with E-state index in [1.807, 2.05) is 0 Å². The van der Waals surface area contributed by atoms with E-state index in [0.29, 0.717) is 12.5 Å². The summed E-state index contributed by atoms with van der Waals surface area (Å²) in [6.07, 6.45) is 4.96. The van der Waals surface area contributed by atoms with Crippen LogP contribution in [0.2, 0.25) is 0 Å². The second kappa shape index (κ2) is 5.61. The average Bonchev–Trinajstić information content (AvgIpc) is 2.18. The Kier molecular flexibility index (Phi) is 4.74. The van der Waals surface area contributed by atoms with Crippen molar-refractivity contribution in [1.82, 2.24) is 4.90 Å². The summed E-state index contributed by atoms with van der Waals surface area (Å²) in [5.41, 5.74) is 0. The molecule has 1 atom stereocenters. The van der Waals surface area contributed by atoms with E-state index in [2.05, 4.69) is 18.7 Å². The van der Waals surface area contributed by atoms with E-state index in [1.54, 1.807) is 0 Å². The first-order valence-electron chi connectivity index (χ1n) is 5.62. The molecule has 0 aromatic rings. The minimum atomic E-state index is 0.385. The van der Waals surface area contributed by atoms with Crippen LogP contribution in [0.25, 0.3) is 0 Å². The van der Waals surface area contributed by atoms with E-state index in [4.69, 9.17) is 5.11 Å². The fourth-order valence-electron chi connectivity index (χ4n) is 2.18. The molecule has 1 unspecified atom stereocenters. The molecule has 0 amide bonds. The van der Waals surface area contributed by atoms with Crippen LogP contribution in [0.4, 0.5) is 0 Å². The summed E-state index contributed by atoms with van der Waals surface area (Å²) in [5, 5.41) is 9.00. The molecule has 0 saturated carbocycles. The zero-order chi connectivity index (χ0) is 9.68. The van der Waals surface area contributed by atoms with E-state index in [9.17, 15) is 0 Å². The lowest BCUT2D eigenvalue weighted by atomic mass is 9.96. The fourth-order valence-corrected chi connectivity index (χ4v) is 2.18. The van der Waals surface area contributed by atoms with Gasteiger partial charge in [-0.25, -0.2) is 0 Å². The first-order chi connectivity index (χ1) is 6.27. The minimum Gasteiger partial charge on any atom is -0.396 e. The van der Waals surface area contributed by atoms with Crippen molar-refractivity contribution in [2.45, 2.75) is 45.6 Å². The van der Waals surface area contributed by atoms with Crippen LogP contribution in [-0.2, 0) is 0 Å². The molecule has 0 aliphatic carbocycles. The van der Waals surface area contributed by atoms with Crippen LogP contribution in [0.5, 0.6) is 0 Å². The zero-order valence-corrected chi connectivity index (χ0v) is 9.00. The molecular formula is C11H23NO.